The molecule has 112 valence electrons. The molecule has 0 spiro atoms. The molecule has 2 heterocycles. The molecule has 1 unspecified atom stereocenters. The molecule has 1 aromatic carbocycles. The smallest absolute Gasteiger partial charge is 0.163 e. The lowest BCUT2D eigenvalue weighted by atomic mass is 9.85. The van der Waals surface area contributed by atoms with Crippen LogP contribution in [0.5, 0.6) is 0 Å². The summed E-state index contributed by atoms with van der Waals surface area (Å²) in [5.74, 6) is -1.04. The second kappa shape index (κ2) is 4.76. The molecule has 0 fully saturated rings. The number of halogens is 2. The lowest BCUT2D eigenvalue weighted by Crippen LogP contribution is -2.31. The van der Waals surface area contributed by atoms with E-state index in [0.29, 0.717) is 17.6 Å². The van der Waals surface area contributed by atoms with Crippen LogP contribution in [-0.4, -0.2) is 15.6 Å². The largest absolute Gasteiger partial charge is 0.343 e. The average molecular weight is 301 g/mol. The van der Waals surface area contributed by atoms with E-state index in [-0.39, 0.29) is 5.78 Å². The standard InChI is InChI=1S/C16H13F2N3O/c17-10-5-4-9(8-11(10)18)16-15-12(2-1-3-13(15)22)20-14-6-7-19-21(14)16/h4-8,16,20H,1-3H2. The molecule has 1 atom stereocenters. The average Bonchev–Trinajstić information content (AvgIpc) is 2.96. The first-order chi connectivity index (χ1) is 10.6. The Kier molecular flexibility index (Phi) is 2.85. The first-order valence-electron chi connectivity index (χ1n) is 7.17. The number of carbonyl (C=O) groups excluding carboxylic acids is 1. The molecule has 1 aliphatic carbocycles. The molecule has 4 nitrogen and oxygen atoms in total. The van der Waals surface area contributed by atoms with Gasteiger partial charge in [-0.2, -0.15) is 5.10 Å². The van der Waals surface area contributed by atoms with E-state index in [9.17, 15) is 13.6 Å². The number of hydrogen-bond acceptors (Lipinski definition) is 3. The summed E-state index contributed by atoms with van der Waals surface area (Å²) in [5, 5.41) is 7.47. The summed E-state index contributed by atoms with van der Waals surface area (Å²) < 4.78 is 28.5. The summed E-state index contributed by atoms with van der Waals surface area (Å²) in [6.07, 6.45) is 3.66. The van der Waals surface area contributed by atoms with Crippen molar-refractivity contribution in [3.05, 3.63) is 58.9 Å². The van der Waals surface area contributed by atoms with Gasteiger partial charge in [-0.05, 0) is 30.5 Å². The van der Waals surface area contributed by atoms with Gasteiger partial charge in [-0.3, -0.25) is 4.79 Å². The van der Waals surface area contributed by atoms with Crippen molar-refractivity contribution in [3.8, 4) is 0 Å². The fourth-order valence-electron chi connectivity index (χ4n) is 3.20. The van der Waals surface area contributed by atoms with E-state index < -0.39 is 17.7 Å². The highest BCUT2D eigenvalue weighted by Crippen LogP contribution is 2.40. The van der Waals surface area contributed by atoms with Crippen molar-refractivity contribution in [1.29, 1.82) is 0 Å². The molecule has 2 aliphatic rings. The van der Waals surface area contributed by atoms with Gasteiger partial charge in [-0.25, -0.2) is 13.5 Å². The van der Waals surface area contributed by atoms with Gasteiger partial charge in [0.05, 0.1) is 6.20 Å². The van der Waals surface area contributed by atoms with Crippen molar-refractivity contribution in [1.82, 2.24) is 9.78 Å². The van der Waals surface area contributed by atoms with Crippen LogP contribution in [0.25, 0.3) is 0 Å². The fourth-order valence-corrected chi connectivity index (χ4v) is 3.20. The van der Waals surface area contributed by atoms with E-state index in [1.165, 1.54) is 6.07 Å². The molecule has 0 amide bonds. The third kappa shape index (κ3) is 1.87. The number of nitrogens with one attached hydrogen (secondary N) is 1. The summed E-state index contributed by atoms with van der Waals surface area (Å²) in [5.41, 5.74) is 1.99. The van der Waals surface area contributed by atoms with Crippen LogP contribution in [0, 0.1) is 11.6 Å². The van der Waals surface area contributed by atoms with Gasteiger partial charge >= 0.3 is 0 Å². The summed E-state index contributed by atoms with van der Waals surface area (Å²) in [6.45, 7) is 0. The van der Waals surface area contributed by atoms with Gasteiger partial charge < -0.3 is 5.32 Å². The molecule has 0 saturated heterocycles. The number of rotatable bonds is 1. The molecule has 22 heavy (non-hydrogen) atoms. The van der Waals surface area contributed by atoms with Crippen LogP contribution >= 0.6 is 0 Å². The van der Waals surface area contributed by atoms with Crippen molar-refractivity contribution in [2.45, 2.75) is 25.3 Å². The van der Waals surface area contributed by atoms with Crippen LogP contribution < -0.4 is 5.32 Å². The molecule has 1 N–H and O–H groups in total. The lowest BCUT2D eigenvalue weighted by molar-refractivity contribution is -0.116. The quantitative estimate of drug-likeness (QED) is 0.880. The SMILES string of the molecule is O=C1CCCC2=C1C(c1ccc(F)c(F)c1)n1nccc1N2. The molecule has 1 aromatic heterocycles. The number of nitrogens with zero attached hydrogens (tertiary/aromatic N) is 2. The highest BCUT2D eigenvalue weighted by molar-refractivity contribution is 5.99. The van der Waals surface area contributed by atoms with Crippen LogP contribution in [-0.2, 0) is 4.79 Å². The van der Waals surface area contributed by atoms with Crippen molar-refractivity contribution in [2.24, 2.45) is 0 Å². The van der Waals surface area contributed by atoms with Crippen LogP contribution in [0.2, 0.25) is 0 Å². The number of allylic oxidation sites excluding steroid dienone is 2. The number of carbonyl (C=O) groups is 1. The van der Waals surface area contributed by atoms with Crippen molar-refractivity contribution >= 4 is 11.6 Å². The Morgan fingerprint density at radius 2 is 2.05 bits per heavy atom. The van der Waals surface area contributed by atoms with Gasteiger partial charge in [-0.1, -0.05) is 6.07 Å². The number of anilines is 1. The van der Waals surface area contributed by atoms with Crippen LogP contribution in [0.1, 0.15) is 30.9 Å². The minimum Gasteiger partial charge on any atom is -0.343 e. The molecular formula is C16H13F2N3O. The van der Waals surface area contributed by atoms with Gasteiger partial charge in [0.15, 0.2) is 17.4 Å². The molecule has 1 aliphatic heterocycles. The maximum absolute atomic E-state index is 13.6. The Hall–Kier alpha value is -2.50. The highest BCUT2D eigenvalue weighted by Gasteiger charge is 2.35. The van der Waals surface area contributed by atoms with Gasteiger partial charge in [0, 0.05) is 23.8 Å². The zero-order valence-electron chi connectivity index (χ0n) is 11.6. The van der Waals surface area contributed by atoms with E-state index in [2.05, 4.69) is 10.4 Å². The monoisotopic (exact) mass is 301 g/mol. The number of benzene rings is 1. The predicted molar refractivity (Wildman–Crippen MR) is 76.2 cm³/mol. The third-order valence-corrected chi connectivity index (χ3v) is 4.18. The zero-order chi connectivity index (χ0) is 15.3. The molecule has 0 saturated carbocycles. The molecule has 0 radical (unpaired) electrons. The number of Topliss-reactive ketones (excluding diaryl/α,β-unsaturated/α-hetero) is 1. The van der Waals surface area contributed by atoms with E-state index in [1.54, 1.807) is 16.9 Å². The van der Waals surface area contributed by atoms with Gasteiger partial charge in [0.1, 0.15) is 11.9 Å². The van der Waals surface area contributed by atoms with E-state index >= 15 is 0 Å². The molecular weight excluding hydrogens is 288 g/mol. The molecule has 4 rings (SSSR count). The minimum atomic E-state index is -0.921. The number of fused-ring (bicyclic) bond motifs is 1. The second-order valence-corrected chi connectivity index (χ2v) is 5.53. The summed E-state index contributed by atoms with van der Waals surface area (Å²) in [4.78, 5) is 12.4. The third-order valence-electron chi connectivity index (χ3n) is 4.18. The van der Waals surface area contributed by atoms with E-state index in [4.69, 9.17) is 0 Å². The maximum Gasteiger partial charge on any atom is 0.163 e. The maximum atomic E-state index is 13.6. The summed E-state index contributed by atoms with van der Waals surface area (Å²) in [6, 6.07) is 5.03. The Balaban J connectivity index is 1.92. The van der Waals surface area contributed by atoms with Gasteiger partial charge in [-0.15, -0.1) is 0 Å². The minimum absolute atomic E-state index is 0.0321. The number of aromatic nitrogens is 2. The van der Waals surface area contributed by atoms with E-state index in [1.807, 2.05) is 0 Å². The topological polar surface area (TPSA) is 46.9 Å². The second-order valence-electron chi connectivity index (χ2n) is 5.53. The van der Waals surface area contributed by atoms with Crippen molar-refractivity contribution in [3.63, 3.8) is 0 Å². The van der Waals surface area contributed by atoms with Gasteiger partial charge in [0.2, 0.25) is 0 Å². The van der Waals surface area contributed by atoms with Crippen LogP contribution in [0.15, 0.2) is 41.7 Å². The van der Waals surface area contributed by atoms with Crippen LogP contribution in [0.3, 0.4) is 0 Å². The Morgan fingerprint density at radius 3 is 2.86 bits per heavy atom. The highest BCUT2D eigenvalue weighted by atomic mass is 19.2. The lowest BCUT2D eigenvalue weighted by Gasteiger charge is -2.33. The first-order valence-corrected chi connectivity index (χ1v) is 7.17. The Morgan fingerprint density at radius 1 is 1.18 bits per heavy atom. The fraction of sp³-hybridized carbons (Fsp3) is 0.250. The number of hydrogen-bond donors (Lipinski definition) is 1. The molecule has 2 aromatic rings. The zero-order valence-corrected chi connectivity index (χ0v) is 11.6. The molecule has 6 heteroatoms. The number of ketones is 1. The normalized spacial score (nSPS) is 20.5. The molecule has 0 bridgehead atoms. The Bertz CT molecular complexity index is 809. The predicted octanol–water partition coefficient (Wildman–Crippen LogP) is 3.18. The van der Waals surface area contributed by atoms with Crippen LogP contribution in [0.4, 0.5) is 14.6 Å². The van der Waals surface area contributed by atoms with E-state index in [0.717, 1.165) is 36.5 Å². The summed E-state index contributed by atoms with van der Waals surface area (Å²) in [7, 11) is 0. The first kappa shape index (κ1) is 13.2. The Labute approximate surface area is 125 Å². The summed E-state index contributed by atoms with van der Waals surface area (Å²) >= 11 is 0. The van der Waals surface area contributed by atoms with Crippen molar-refractivity contribution < 1.29 is 13.6 Å². The van der Waals surface area contributed by atoms with Crippen molar-refractivity contribution in [2.75, 3.05) is 5.32 Å². The van der Waals surface area contributed by atoms with Gasteiger partial charge in [0.25, 0.3) is 0 Å².